The van der Waals surface area contributed by atoms with Crippen LogP contribution in [0.15, 0.2) is 65.3 Å². The van der Waals surface area contributed by atoms with Crippen molar-refractivity contribution in [1.29, 1.82) is 0 Å². The molecule has 2 aromatic carbocycles. The number of aromatic nitrogens is 1. The second kappa shape index (κ2) is 10.8. The Morgan fingerprint density at radius 3 is 2.49 bits per heavy atom. The smallest absolute Gasteiger partial charge is 0.356 e. The van der Waals surface area contributed by atoms with Crippen LogP contribution >= 0.6 is 11.6 Å². The summed E-state index contributed by atoms with van der Waals surface area (Å²) in [6.07, 6.45) is 1.61. The molecule has 0 bridgehead atoms. The summed E-state index contributed by atoms with van der Waals surface area (Å²) in [6.45, 7) is 1.32. The molecule has 1 amide bonds. The third-order valence-electron chi connectivity index (χ3n) is 4.64. The van der Waals surface area contributed by atoms with Crippen LogP contribution in [0.25, 0.3) is 22.2 Å². The number of fused-ring (bicyclic) bond motifs is 1. The number of carbonyl (C=O) groups is 2. The van der Waals surface area contributed by atoms with Crippen LogP contribution in [0.5, 0.6) is 5.75 Å². The van der Waals surface area contributed by atoms with Crippen LogP contribution in [-0.2, 0) is 12.3 Å². The van der Waals surface area contributed by atoms with Crippen LogP contribution in [0, 0.1) is 0 Å². The number of rotatable bonds is 5. The van der Waals surface area contributed by atoms with Crippen molar-refractivity contribution in [1.82, 2.24) is 4.98 Å². The van der Waals surface area contributed by atoms with Gasteiger partial charge in [0.05, 0.1) is 11.3 Å². The van der Waals surface area contributed by atoms with E-state index in [4.69, 9.17) is 21.1 Å². The number of carbonyl (C=O) groups excluding carboxylic acids is 1. The molecule has 4 N–H and O–H groups in total. The van der Waals surface area contributed by atoms with Crippen molar-refractivity contribution in [3.63, 3.8) is 0 Å². The minimum absolute atomic E-state index is 0.104. The zero-order chi connectivity index (χ0) is 25.8. The second-order valence-corrected chi connectivity index (χ2v) is 11.4. The van der Waals surface area contributed by atoms with Crippen molar-refractivity contribution in [2.24, 2.45) is 0 Å². The number of amides is 1. The van der Waals surface area contributed by atoms with E-state index in [1.807, 2.05) is 24.3 Å². The molecular weight excluding hydrogens is 543 g/mol. The molecule has 0 spiro atoms. The summed E-state index contributed by atoms with van der Waals surface area (Å²) >= 11 is 1.17. The van der Waals surface area contributed by atoms with Gasteiger partial charge in [0.15, 0.2) is 11.5 Å². The van der Waals surface area contributed by atoms with Crippen LogP contribution < -0.4 is 9.67 Å². The quantitative estimate of drug-likeness (QED) is 0.267. The van der Waals surface area contributed by atoms with E-state index in [1.165, 1.54) is 31.2 Å². The summed E-state index contributed by atoms with van der Waals surface area (Å²) in [5, 5.41) is 22.9. The van der Waals surface area contributed by atoms with Crippen molar-refractivity contribution >= 4 is 58.5 Å². The Labute approximate surface area is 207 Å². The van der Waals surface area contributed by atoms with Gasteiger partial charge in [0.1, 0.15) is 5.69 Å². The second-order valence-electron chi connectivity index (χ2n) is 7.07. The molecule has 0 aliphatic rings. The molecule has 35 heavy (non-hydrogen) atoms. The molecule has 0 radical (unpaired) electrons. The summed E-state index contributed by atoms with van der Waals surface area (Å²) in [5.74, 6) is -1.30. The first-order valence-corrected chi connectivity index (χ1v) is 13.6. The number of aromatic carboxylic acids is 1. The number of nitrogens with one attached hydrogen (secondary N) is 1. The number of halogens is 1. The monoisotopic (exact) mass is 562 g/mol. The maximum atomic E-state index is 11.5. The van der Waals surface area contributed by atoms with E-state index in [-0.39, 0.29) is 26.7 Å². The van der Waals surface area contributed by atoms with E-state index >= 15 is 0 Å². The van der Waals surface area contributed by atoms with E-state index in [0.717, 1.165) is 17.9 Å². The largest absolute Gasteiger partial charge is 0.476 e. The molecule has 0 aliphatic heterocycles. The van der Waals surface area contributed by atoms with Gasteiger partial charge in [-0.25, -0.2) is 9.78 Å². The van der Waals surface area contributed by atoms with E-state index in [0.29, 0.717) is 17.1 Å². The van der Waals surface area contributed by atoms with E-state index in [1.54, 1.807) is 12.3 Å². The number of benzene rings is 2. The first-order chi connectivity index (χ1) is 16.5. The molecule has 0 saturated heterocycles. The average Bonchev–Trinajstić information content (AvgIpc) is 3.23. The van der Waals surface area contributed by atoms with Gasteiger partial charge in [0.25, 0.3) is 0 Å². The van der Waals surface area contributed by atoms with Gasteiger partial charge >= 0.3 is 101 Å². The summed E-state index contributed by atoms with van der Waals surface area (Å²) in [5.41, 5.74) is 0.614. The minimum Gasteiger partial charge on any atom is -0.476 e. The first-order valence-electron chi connectivity index (χ1n) is 9.89. The van der Waals surface area contributed by atoms with Crippen molar-refractivity contribution in [3.05, 3.63) is 71.6 Å². The Morgan fingerprint density at radius 1 is 1.14 bits per heavy atom. The molecule has 2 aromatic heterocycles. The number of phenols is 1. The summed E-state index contributed by atoms with van der Waals surface area (Å²) < 4.78 is 30.7. The predicted octanol–water partition coefficient (Wildman–Crippen LogP) is 3.41. The van der Waals surface area contributed by atoms with Gasteiger partial charge in [-0.1, -0.05) is 35.9 Å². The van der Waals surface area contributed by atoms with Gasteiger partial charge in [0.2, 0.25) is 0 Å². The molecular formula is C23H20AsClN2O8. The van der Waals surface area contributed by atoms with Gasteiger partial charge in [-0.2, -0.15) is 0 Å². The number of hydrogen-bond acceptors (Lipinski definition) is 7. The number of carboxylic acid groups (broad SMARTS) is 1. The third kappa shape index (κ3) is 6.12. The molecule has 2 heterocycles. The number of aromatic hydroxyl groups is 1. The molecule has 1 unspecified atom stereocenters. The predicted molar refractivity (Wildman–Crippen MR) is 129 cm³/mol. The minimum atomic E-state index is -4.62. The Morgan fingerprint density at radius 2 is 1.86 bits per heavy atom. The van der Waals surface area contributed by atoms with Crippen molar-refractivity contribution in [3.8, 4) is 17.2 Å². The Hall–Kier alpha value is -3.56. The van der Waals surface area contributed by atoms with Gasteiger partial charge in [-0.05, 0) is 12.1 Å². The van der Waals surface area contributed by atoms with E-state index in [2.05, 4.69) is 14.0 Å². The zero-order valence-corrected chi connectivity index (χ0v) is 21.1. The summed E-state index contributed by atoms with van der Waals surface area (Å²) in [7, 11) is 1.10. The Bertz CT molecular complexity index is 1450. The molecule has 4 aromatic rings. The molecule has 0 aliphatic carbocycles. The van der Waals surface area contributed by atoms with Gasteiger partial charge in [-0.3, -0.25) is 0 Å². The number of nitrogens with zero attached hydrogens (tertiary/aromatic N) is 1. The Kier molecular flexibility index (Phi) is 8.03. The topological polar surface area (TPSA) is 159 Å². The third-order valence-corrected chi connectivity index (χ3v) is 8.05. The van der Waals surface area contributed by atoms with Gasteiger partial charge < -0.3 is 9.52 Å². The molecule has 4 rings (SSSR count). The Balaban J connectivity index is 0.000000199. The van der Waals surface area contributed by atoms with E-state index in [9.17, 15) is 22.5 Å². The number of hydrogen-bond donors (Lipinski definition) is 4. The SMILES string of the molecule is CO[As](=O)(O)c1ccc(NC(C)=O)cc1O.O=C(O)c1nc(-c2occ3ccccc23)ccc1Cl. The van der Waals surface area contributed by atoms with Crippen LogP contribution in [0.3, 0.4) is 0 Å². The number of anilines is 1. The van der Waals surface area contributed by atoms with Gasteiger partial charge in [0, 0.05) is 10.8 Å². The van der Waals surface area contributed by atoms with Crippen molar-refractivity contribution < 1.29 is 35.8 Å². The summed E-state index contributed by atoms with van der Waals surface area (Å²) in [4.78, 5) is 25.8. The fourth-order valence-corrected chi connectivity index (χ4v) is 4.94. The first kappa shape index (κ1) is 26.1. The molecule has 12 heteroatoms. The average molecular weight is 563 g/mol. The number of carboxylic acids is 1. The molecule has 182 valence electrons. The van der Waals surface area contributed by atoms with E-state index < -0.39 is 20.1 Å². The number of phenolic OH excluding ortho intramolecular Hbond substituents is 1. The fourth-order valence-electron chi connectivity index (χ4n) is 3.05. The van der Waals surface area contributed by atoms with Crippen LogP contribution in [0.2, 0.25) is 5.02 Å². The van der Waals surface area contributed by atoms with Crippen LogP contribution in [0.1, 0.15) is 17.4 Å². The molecule has 0 saturated carbocycles. The molecule has 0 fully saturated rings. The summed E-state index contributed by atoms with van der Waals surface area (Å²) in [6, 6.07) is 14.6. The maximum Gasteiger partial charge on any atom is 0.356 e. The van der Waals surface area contributed by atoms with Gasteiger partial charge in [-0.15, -0.1) is 0 Å². The number of pyridine rings is 1. The molecule has 10 nitrogen and oxygen atoms in total. The zero-order valence-electron chi connectivity index (χ0n) is 18.4. The van der Waals surface area contributed by atoms with Crippen LogP contribution in [0.4, 0.5) is 5.69 Å². The standard InChI is InChI=1S/C14H8ClNO3.C9H12AsNO5/c15-10-5-6-11(16-12(10)14(17)18)13-9-4-2-1-3-8(9)7-19-13;1-6(12)11-7-3-4-8(9(13)5-7)10(14,15)16-2/h1-7H,(H,17,18);3-5,13H,1-2H3,(H,11,12)(H,14,15). The fraction of sp³-hybridized carbons (Fsp3) is 0.0870. The number of furan rings is 1. The normalized spacial score (nSPS) is 12.3. The van der Waals surface area contributed by atoms with Crippen molar-refractivity contribution in [2.45, 2.75) is 6.92 Å². The maximum absolute atomic E-state index is 11.5. The van der Waals surface area contributed by atoms with Crippen molar-refractivity contribution in [2.75, 3.05) is 12.4 Å². The van der Waals surface area contributed by atoms with Crippen LogP contribution in [-0.4, -0.2) is 52.5 Å². The molecule has 1 atom stereocenters.